The van der Waals surface area contributed by atoms with Gasteiger partial charge < -0.3 is 23.7 Å². The molecular formula is C45H32N5OPt-3. The minimum absolute atomic E-state index is 0. The SMILES string of the molecule is Cc1ccc2c(c1)c1cnc(-n3c4[c-]c(Oc5[c-]c(N6[CH-]N(C)c7ccc(-c8ccccc8)cc76)ccc5)ccc4c4ccccc43)cc1n2C.[Pt]. The molecular weight excluding hydrogens is 822 g/mol. The van der Waals surface area contributed by atoms with Gasteiger partial charge in [-0.1, -0.05) is 71.7 Å². The average molecular weight is 854 g/mol. The Hall–Kier alpha value is -5.84. The van der Waals surface area contributed by atoms with Gasteiger partial charge >= 0.3 is 0 Å². The maximum Gasteiger partial charge on any atom is 0.137 e. The standard InChI is InChI=1S/C45H32N5O.Pt/c1-29-16-20-39-37(22-29)38-27-46-45(26-42(38)48(39)3)50-40-15-8-7-14-35(40)36-19-18-34(25-43(36)50)51-33-13-9-12-32(24-33)49-28-47(2)41-21-17-31(23-44(41)49)30-10-5-4-6-11-30;/h4-23,26-28H,1-3H3;/q-3;. The molecule has 0 saturated carbocycles. The van der Waals surface area contributed by atoms with Gasteiger partial charge in [0.15, 0.2) is 0 Å². The molecule has 256 valence electrons. The number of fused-ring (bicyclic) bond motifs is 7. The van der Waals surface area contributed by atoms with Crippen molar-refractivity contribution in [1.82, 2.24) is 14.1 Å². The van der Waals surface area contributed by atoms with Crippen molar-refractivity contribution in [2.75, 3.05) is 16.8 Å². The summed E-state index contributed by atoms with van der Waals surface area (Å²) in [5.74, 6) is 2.05. The average Bonchev–Trinajstić information content (AvgIpc) is 3.77. The van der Waals surface area contributed by atoms with E-state index in [-0.39, 0.29) is 21.1 Å². The second kappa shape index (κ2) is 12.4. The molecule has 0 aliphatic carbocycles. The Morgan fingerprint density at radius 2 is 1.44 bits per heavy atom. The molecule has 0 bridgehead atoms. The van der Waals surface area contributed by atoms with Crippen LogP contribution in [0.4, 0.5) is 17.1 Å². The van der Waals surface area contributed by atoms with Crippen LogP contribution in [0.3, 0.4) is 0 Å². The zero-order chi connectivity index (χ0) is 34.2. The zero-order valence-electron chi connectivity index (χ0n) is 28.7. The van der Waals surface area contributed by atoms with Gasteiger partial charge in [0.1, 0.15) is 5.82 Å². The minimum atomic E-state index is 0. The van der Waals surface area contributed by atoms with Gasteiger partial charge in [0.25, 0.3) is 0 Å². The normalized spacial score (nSPS) is 12.6. The van der Waals surface area contributed by atoms with E-state index in [2.05, 4.69) is 162 Å². The van der Waals surface area contributed by atoms with Crippen LogP contribution in [-0.2, 0) is 28.1 Å². The first-order chi connectivity index (χ1) is 25.0. The van der Waals surface area contributed by atoms with Crippen molar-refractivity contribution in [3.05, 3.63) is 158 Å². The van der Waals surface area contributed by atoms with E-state index in [0.717, 1.165) is 61.2 Å². The van der Waals surface area contributed by atoms with Crippen LogP contribution < -0.4 is 14.5 Å². The summed E-state index contributed by atoms with van der Waals surface area (Å²) < 4.78 is 11.0. The van der Waals surface area contributed by atoms with Crippen LogP contribution in [0.5, 0.6) is 11.5 Å². The molecule has 1 aliphatic rings. The maximum absolute atomic E-state index is 6.52. The number of rotatable bonds is 5. The Kier molecular flexibility index (Phi) is 7.67. The van der Waals surface area contributed by atoms with Crippen molar-refractivity contribution in [1.29, 1.82) is 0 Å². The zero-order valence-corrected chi connectivity index (χ0v) is 31.0. The summed E-state index contributed by atoms with van der Waals surface area (Å²) >= 11 is 0. The fraction of sp³-hybridized carbons (Fsp3) is 0.0667. The largest absolute Gasteiger partial charge is 0.509 e. The predicted octanol–water partition coefficient (Wildman–Crippen LogP) is 10.9. The number of nitrogens with zero attached hydrogens (tertiary/aromatic N) is 5. The molecule has 0 unspecified atom stereocenters. The molecule has 6 aromatic carbocycles. The fourth-order valence-corrected chi connectivity index (χ4v) is 7.57. The fourth-order valence-electron chi connectivity index (χ4n) is 7.57. The van der Waals surface area contributed by atoms with Crippen molar-refractivity contribution in [3.63, 3.8) is 0 Å². The van der Waals surface area contributed by atoms with Gasteiger partial charge in [-0.25, -0.2) is 4.98 Å². The van der Waals surface area contributed by atoms with Crippen LogP contribution in [0.15, 0.2) is 134 Å². The van der Waals surface area contributed by atoms with E-state index in [1.807, 2.05) is 30.5 Å². The van der Waals surface area contributed by atoms with Crippen LogP contribution in [0.2, 0.25) is 0 Å². The number of anilines is 3. The molecule has 0 amide bonds. The quantitative estimate of drug-likeness (QED) is 0.162. The molecule has 0 atom stereocenters. The smallest absolute Gasteiger partial charge is 0.137 e. The van der Waals surface area contributed by atoms with E-state index in [9.17, 15) is 0 Å². The number of hydrogen-bond acceptors (Lipinski definition) is 4. The van der Waals surface area contributed by atoms with Crippen molar-refractivity contribution in [2.45, 2.75) is 6.92 Å². The topological polar surface area (TPSA) is 38.5 Å². The number of para-hydroxylation sites is 1. The van der Waals surface area contributed by atoms with Crippen LogP contribution in [0.1, 0.15) is 5.56 Å². The number of aryl methyl sites for hydroxylation is 2. The molecule has 0 spiro atoms. The molecule has 52 heavy (non-hydrogen) atoms. The van der Waals surface area contributed by atoms with E-state index in [1.165, 1.54) is 22.0 Å². The summed E-state index contributed by atoms with van der Waals surface area (Å²) in [6.45, 7) is 4.22. The molecule has 6 nitrogen and oxygen atoms in total. The third kappa shape index (κ3) is 5.09. The Morgan fingerprint density at radius 1 is 0.615 bits per heavy atom. The molecule has 0 radical (unpaired) electrons. The summed E-state index contributed by atoms with van der Waals surface area (Å²) in [6.07, 6.45) is 2.00. The Morgan fingerprint density at radius 3 is 2.33 bits per heavy atom. The van der Waals surface area contributed by atoms with Crippen LogP contribution >= 0.6 is 0 Å². The van der Waals surface area contributed by atoms with Gasteiger partial charge in [-0.15, -0.1) is 41.4 Å². The van der Waals surface area contributed by atoms with Crippen LogP contribution in [0.25, 0.3) is 60.6 Å². The van der Waals surface area contributed by atoms with Crippen molar-refractivity contribution < 1.29 is 25.8 Å². The monoisotopic (exact) mass is 853 g/mol. The number of pyridine rings is 1. The predicted molar refractivity (Wildman–Crippen MR) is 208 cm³/mol. The summed E-state index contributed by atoms with van der Waals surface area (Å²) in [4.78, 5) is 9.33. The summed E-state index contributed by atoms with van der Waals surface area (Å²) in [6, 6.07) is 51.5. The number of ether oxygens (including phenoxy) is 1. The second-order valence-electron chi connectivity index (χ2n) is 13.2. The Balaban J connectivity index is 0.00000360. The molecule has 10 rings (SSSR count). The van der Waals surface area contributed by atoms with Crippen LogP contribution in [0, 0.1) is 25.7 Å². The van der Waals surface area contributed by atoms with Gasteiger partial charge in [0.2, 0.25) is 0 Å². The maximum atomic E-state index is 6.52. The second-order valence-corrected chi connectivity index (χ2v) is 13.2. The first-order valence-electron chi connectivity index (χ1n) is 17.1. The van der Waals surface area contributed by atoms with Crippen LogP contribution in [-0.4, -0.2) is 21.2 Å². The molecule has 4 heterocycles. The Bertz CT molecular complexity index is 2820. The van der Waals surface area contributed by atoms with Crippen molar-refractivity contribution >= 4 is 60.7 Å². The minimum Gasteiger partial charge on any atom is -0.509 e. The first kappa shape index (κ1) is 32.1. The molecule has 9 aromatic rings. The third-order valence-electron chi connectivity index (χ3n) is 10.1. The molecule has 0 saturated heterocycles. The van der Waals surface area contributed by atoms with E-state index < -0.39 is 0 Å². The Labute approximate surface area is 316 Å². The number of hydrogen-bond donors (Lipinski definition) is 0. The van der Waals surface area contributed by atoms with Crippen molar-refractivity contribution in [2.24, 2.45) is 7.05 Å². The number of aromatic nitrogens is 3. The van der Waals surface area contributed by atoms with Gasteiger partial charge in [0, 0.05) is 85.1 Å². The summed E-state index contributed by atoms with van der Waals surface area (Å²) in [5.41, 5.74) is 11.0. The van der Waals surface area contributed by atoms with Gasteiger partial charge in [-0.3, -0.25) is 0 Å². The molecule has 0 N–H and O–H groups in total. The first-order valence-corrected chi connectivity index (χ1v) is 17.1. The summed E-state index contributed by atoms with van der Waals surface area (Å²) in [5, 5.41) is 4.59. The molecule has 0 fully saturated rings. The van der Waals surface area contributed by atoms with Gasteiger partial charge in [0.05, 0.1) is 5.52 Å². The van der Waals surface area contributed by atoms with E-state index in [0.29, 0.717) is 11.5 Å². The number of benzene rings is 6. The van der Waals surface area contributed by atoms with E-state index in [4.69, 9.17) is 9.72 Å². The van der Waals surface area contributed by atoms with Gasteiger partial charge in [-0.05, 0) is 60.8 Å². The molecule has 7 heteroatoms. The van der Waals surface area contributed by atoms with E-state index in [1.54, 1.807) is 0 Å². The van der Waals surface area contributed by atoms with E-state index >= 15 is 0 Å². The van der Waals surface area contributed by atoms with Crippen molar-refractivity contribution in [3.8, 4) is 28.4 Å². The molecule has 3 aromatic heterocycles. The van der Waals surface area contributed by atoms with Gasteiger partial charge in [-0.2, -0.15) is 18.8 Å². The third-order valence-corrected chi connectivity index (χ3v) is 10.1. The summed E-state index contributed by atoms with van der Waals surface area (Å²) in [7, 11) is 4.19. The molecule has 1 aliphatic heterocycles.